The van der Waals surface area contributed by atoms with Gasteiger partial charge < -0.3 is 0 Å². The zero-order chi connectivity index (χ0) is 14.7. The number of aryl methyl sites for hydroxylation is 2. The predicted octanol–water partition coefficient (Wildman–Crippen LogP) is 2.84. The van der Waals surface area contributed by atoms with E-state index in [-0.39, 0.29) is 24.2 Å². The Kier molecular flexibility index (Phi) is 4.27. The molecule has 0 atom stereocenters. The molecule has 20 heavy (non-hydrogen) atoms. The second-order valence-corrected chi connectivity index (χ2v) is 4.69. The molecule has 0 bridgehead atoms. The van der Waals surface area contributed by atoms with Crippen LogP contribution in [0.25, 0.3) is 0 Å². The normalized spacial score (nSPS) is 10.8. The molecule has 2 rings (SSSR count). The number of benzene rings is 1. The molecule has 0 spiro atoms. The van der Waals surface area contributed by atoms with E-state index in [9.17, 15) is 13.6 Å². The molecule has 1 heterocycles. The van der Waals surface area contributed by atoms with E-state index in [0.717, 1.165) is 23.5 Å². The Hall–Kier alpha value is -2.04. The Labute approximate surface area is 116 Å². The van der Waals surface area contributed by atoms with Crippen LogP contribution in [0.15, 0.2) is 24.3 Å². The number of rotatable bonds is 5. The van der Waals surface area contributed by atoms with E-state index in [1.807, 2.05) is 19.9 Å². The van der Waals surface area contributed by atoms with Gasteiger partial charge in [0.25, 0.3) is 0 Å². The van der Waals surface area contributed by atoms with Crippen LogP contribution in [-0.4, -0.2) is 15.6 Å². The minimum atomic E-state index is -0.682. The fourth-order valence-electron chi connectivity index (χ4n) is 2.18. The van der Waals surface area contributed by atoms with Crippen LogP contribution < -0.4 is 0 Å². The predicted molar refractivity (Wildman–Crippen MR) is 71.4 cm³/mol. The monoisotopic (exact) mass is 278 g/mol. The molecule has 0 saturated carbocycles. The SMILES string of the molecule is CCn1nc(C)cc1CC(=O)Cc1c(F)cccc1F. The lowest BCUT2D eigenvalue weighted by Gasteiger charge is -2.06. The van der Waals surface area contributed by atoms with Gasteiger partial charge in [-0.05, 0) is 32.0 Å². The highest BCUT2D eigenvalue weighted by molar-refractivity contribution is 5.82. The van der Waals surface area contributed by atoms with Gasteiger partial charge in [0, 0.05) is 30.6 Å². The van der Waals surface area contributed by atoms with Crippen molar-refractivity contribution >= 4 is 5.78 Å². The van der Waals surface area contributed by atoms with Crippen molar-refractivity contribution in [1.29, 1.82) is 0 Å². The third-order valence-electron chi connectivity index (χ3n) is 3.10. The summed E-state index contributed by atoms with van der Waals surface area (Å²) in [5, 5.41) is 4.24. The summed E-state index contributed by atoms with van der Waals surface area (Å²) in [6, 6.07) is 5.42. The molecule has 2 aromatic rings. The molecule has 5 heteroatoms. The van der Waals surface area contributed by atoms with Crippen LogP contribution in [0.3, 0.4) is 0 Å². The number of aromatic nitrogens is 2. The standard InChI is InChI=1S/C15H16F2N2O/c1-3-19-11(7-10(2)18-19)8-12(20)9-13-14(16)5-4-6-15(13)17/h4-7H,3,8-9H2,1-2H3. The van der Waals surface area contributed by atoms with Gasteiger partial charge in [-0.2, -0.15) is 5.10 Å². The van der Waals surface area contributed by atoms with E-state index in [1.54, 1.807) is 4.68 Å². The van der Waals surface area contributed by atoms with Gasteiger partial charge in [-0.3, -0.25) is 9.48 Å². The van der Waals surface area contributed by atoms with Crippen molar-refractivity contribution in [2.45, 2.75) is 33.2 Å². The molecule has 0 aliphatic carbocycles. The van der Waals surface area contributed by atoms with Gasteiger partial charge in [0.2, 0.25) is 0 Å². The van der Waals surface area contributed by atoms with Crippen molar-refractivity contribution in [3.63, 3.8) is 0 Å². The molecule has 0 N–H and O–H groups in total. The number of Topliss-reactive ketones (excluding diaryl/α,β-unsaturated/α-hetero) is 1. The van der Waals surface area contributed by atoms with Crippen LogP contribution in [0.4, 0.5) is 8.78 Å². The quantitative estimate of drug-likeness (QED) is 0.843. The molecule has 1 aromatic heterocycles. The second kappa shape index (κ2) is 5.94. The van der Waals surface area contributed by atoms with Crippen molar-refractivity contribution in [3.8, 4) is 0 Å². The lowest BCUT2D eigenvalue weighted by molar-refractivity contribution is -0.118. The zero-order valence-electron chi connectivity index (χ0n) is 11.5. The highest BCUT2D eigenvalue weighted by Gasteiger charge is 2.15. The van der Waals surface area contributed by atoms with Crippen molar-refractivity contribution < 1.29 is 13.6 Å². The lowest BCUT2D eigenvalue weighted by atomic mass is 10.0. The van der Waals surface area contributed by atoms with Gasteiger partial charge in [-0.1, -0.05) is 6.07 Å². The summed E-state index contributed by atoms with van der Waals surface area (Å²) in [6.07, 6.45) is -0.116. The maximum Gasteiger partial charge on any atom is 0.143 e. The number of hydrogen-bond acceptors (Lipinski definition) is 2. The smallest absolute Gasteiger partial charge is 0.143 e. The van der Waals surface area contributed by atoms with Gasteiger partial charge in [0.15, 0.2) is 0 Å². The largest absolute Gasteiger partial charge is 0.299 e. The van der Waals surface area contributed by atoms with Crippen LogP contribution in [0, 0.1) is 18.6 Å². The summed E-state index contributed by atoms with van der Waals surface area (Å²) in [5.74, 6) is -1.60. The summed E-state index contributed by atoms with van der Waals surface area (Å²) < 4.78 is 28.7. The van der Waals surface area contributed by atoms with Gasteiger partial charge in [0.05, 0.1) is 5.69 Å². The molecule has 0 unspecified atom stereocenters. The summed E-state index contributed by atoms with van der Waals surface area (Å²) in [4.78, 5) is 12.0. The van der Waals surface area contributed by atoms with Crippen LogP contribution >= 0.6 is 0 Å². The van der Waals surface area contributed by atoms with Crippen molar-refractivity contribution in [2.24, 2.45) is 0 Å². The van der Waals surface area contributed by atoms with Crippen LogP contribution in [0.2, 0.25) is 0 Å². The molecule has 0 saturated heterocycles. The first-order valence-electron chi connectivity index (χ1n) is 6.49. The van der Waals surface area contributed by atoms with E-state index in [1.165, 1.54) is 6.07 Å². The molecule has 1 aromatic carbocycles. The Morgan fingerprint density at radius 1 is 1.25 bits per heavy atom. The van der Waals surface area contributed by atoms with E-state index in [0.29, 0.717) is 6.54 Å². The van der Waals surface area contributed by atoms with Gasteiger partial charge in [-0.25, -0.2) is 8.78 Å². The second-order valence-electron chi connectivity index (χ2n) is 4.69. The first kappa shape index (κ1) is 14.4. The summed E-state index contributed by atoms with van der Waals surface area (Å²) in [5.41, 5.74) is 1.43. The minimum absolute atomic E-state index is 0.127. The molecular weight excluding hydrogens is 262 g/mol. The van der Waals surface area contributed by atoms with Crippen molar-refractivity contribution in [3.05, 3.63) is 52.9 Å². The number of halogens is 2. The first-order chi connectivity index (χ1) is 9.51. The Bertz CT molecular complexity index is 615. The number of ketones is 1. The molecular formula is C15H16F2N2O. The molecule has 0 fully saturated rings. The van der Waals surface area contributed by atoms with E-state index >= 15 is 0 Å². The van der Waals surface area contributed by atoms with Gasteiger partial charge in [-0.15, -0.1) is 0 Å². The fourth-order valence-corrected chi connectivity index (χ4v) is 2.18. The number of hydrogen-bond donors (Lipinski definition) is 0. The van der Waals surface area contributed by atoms with E-state index < -0.39 is 11.6 Å². The van der Waals surface area contributed by atoms with E-state index in [4.69, 9.17) is 0 Å². The highest BCUT2D eigenvalue weighted by Crippen LogP contribution is 2.14. The van der Waals surface area contributed by atoms with Crippen LogP contribution in [0.5, 0.6) is 0 Å². The number of carbonyl (C=O) groups is 1. The average molecular weight is 278 g/mol. The maximum absolute atomic E-state index is 13.5. The lowest BCUT2D eigenvalue weighted by Crippen LogP contribution is -2.13. The number of nitrogens with zero attached hydrogens (tertiary/aromatic N) is 2. The topological polar surface area (TPSA) is 34.9 Å². The third kappa shape index (κ3) is 3.10. The average Bonchev–Trinajstić information content (AvgIpc) is 2.74. The number of carbonyl (C=O) groups excluding carboxylic acids is 1. The third-order valence-corrected chi connectivity index (χ3v) is 3.10. The maximum atomic E-state index is 13.5. The Morgan fingerprint density at radius 2 is 1.90 bits per heavy atom. The minimum Gasteiger partial charge on any atom is -0.299 e. The van der Waals surface area contributed by atoms with Crippen molar-refractivity contribution in [1.82, 2.24) is 9.78 Å². The van der Waals surface area contributed by atoms with Crippen LogP contribution in [0.1, 0.15) is 23.9 Å². The Morgan fingerprint density at radius 3 is 2.50 bits per heavy atom. The molecule has 0 radical (unpaired) electrons. The fraction of sp³-hybridized carbons (Fsp3) is 0.333. The van der Waals surface area contributed by atoms with Crippen LogP contribution in [-0.2, 0) is 24.2 Å². The summed E-state index contributed by atoms with van der Waals surface area (Å²) in [7, 11) is 0. The van der Waals surface area contributed by atoms with Gasteiger partial charge >= 0.3 is 0 Å². The highest BCUT2D eigenvalue weighted by atomic mass is 19.1. The van der Waals surface area contributed by atoms with Crippen molar-refractivity contribution in [2.75, 3.05) is 0 Å². The first-order valence-corrected chi connectivity index (χ1v) is 6.49. The molecule has 106 valence electrons. The summed E-state index contributed by atoms with van der Waals surface area (Å²) >= 11 is 0. The molecule has 0 amide bonds. The molecule has 0 aliphatic heterocycles. The zero-order valence-corrected chi connectivity index (χ0v) is 11.5. The molecule has 3 nitrogen and oxygen atoms in total. The Balaban J connectivity index is 2.13. The van der Waals surface area contributed by atoms with Gasteiger partial charge in [0.1, 0.15) is 17.4 Å². The summed E-state index contributed by atoms with van der Waals surface area (Å²) in [6.45, 7) is 4.43. The molecule has 0 aliphatic rings. The van der Waals surface area contributed by atoms with E-state index in [2.05, 4.69) is 5.10 Å².